The number of fused-ring (bicyclic) bond motifs is 1. The Morgan fingerprint density at radius 1 is 1.31 bits per heavy atom. The van der Waals surface area contributed by atoms with Crippen LogP contribution in [0.2, 0.25) is 5.02 Å². The zero-order valence-corrected chi connectivity index (χ0v) is 23.5. The highest BCUT2D eigenvalue weighted by Crippen LogP contribution is 2.33. The molecular weight excluding hydrogens is 478 g/mol. The van der Waals surface area contributed by atoms with Crippen LogP contribution in [0.1, 0.15) is 59.9 Å². The Hall–Kier alpha value is -2.41. The predicted octanol–water partition coefficient (Wildman–Crippen LogP) is 6.30. The minimum absolute atomic E-state index is 0.202. The summed E-state index contributed by atoms with van der Waals surface area (Å²) in [6, 6.07) is 5.34. The van der Waals surface area contributed by atoms with Crippen molar-refractivity contribution in [3.8, 4) is 0 Å². The lowest BCUT2D eigenvalue weighted by molar-refractivity contribution is -0.154. The van der Waals surface area contributed by atoms with Crippen LogP contribution in [0.15, 0.2) is 55.7 Å². The fourth-order valence-corrected chi connectivity index (χ4v) is 4.06. The van der Waals surface area contributed by atoms with E-state index in [0.29, 0.717) is 23.6 Å². The van der Waals surface area contributed by atoms with Gasteiger partial charge in [-0.1, -0.05) is 63.6 Å². The summed E-state index contributed by atoms with van der Waals surface area (Å²) in [6.45, 7) is 19.5. The molecule has 1 aliphatic rings. The number of nitrogens with zero attached hydrogens (tertiary/aromatic N) is 1. The summed E-state index contributed by atoms with van der Waals surface area (Å²) < 4.78 is 11.4. The molecule has 6 nitrogen and oxygen atoms in total. The normalized spacial score (nSPS) is 18.8. The molecule has 4 unspecified atom stereocenters. The number of ether oxygens (including phenoxy) is 2. The van der Waals surface area contributed by atoms with Crippen LogP contribution >= 0.6 is 11.6 Å². The minimum Gasteiger partial charge on any atom is -0.466 e. The first-order chi connectivity index (χ1) is 17.3. The number of carbonyl (C=O) groups is 2. The molecule has 1 aromatic carbocycles. The van der Waals surface area contributed by atoms with Gasteiger partial charge in [-0.3, -0.25) is 9.59 Å². The summed E-state index contributed by atoms with van der Waals surface area (Å²) in [5.41, 5.74) is 1.54. The van der Waals surface area contributed by atoms with Crippen molar-refractivity contribution in [1.29, 1.82) is 0 Å². The molecule has 1 N–H and O–H groups in total. The topological polar surface area (TPSA) is 76.1 Å². The number of esters is 1. The molecule has 4 atom stereocenters. The SMILES string of the molecule is C=CCN1C(=O)C(CC(=O)OCC)OC(C(/C=C\C)CC(O)C=C)Cc2cc(Cl)ccc21.CC.CC. The number of benzene rings is 1. The number of aliphatic hydroxyl groups excluding tert-OH is 1. The van der Waals surface area contributed by atoms with Crippen molar-refractivity contribution < 1.29 is 24.2 Å². The van der Waals surface area contributed by atoms with E-state index in [0.717, 1.165) is 5.56 Å². The van der Waals surface area contributed by atoms with Crippen LogP contribution in [0, 0.1) is 5.92 Å². The zero-order valence-electron chi connectivity index (χ0n) is 22.7. The number of aliphatic hydroxyl groups is 1. The summed E-state index contributed by atoms with van der Waals surface area (Å²) in [4.78, 5) is 27.3. The van der Waals surface area contributed by atoms with Gasteiger partial charge in [-0.15, -0.1) is 13.2 Å². The minimum atomic E-state index is -1.03. The summed E-state index contributed by atoms with van der Waals surface area (Å²) in [5, 5.41) is 10.8. The van der Waals surface area contributed by atoms with Gasteiger partial charge in [0.15, 0.2) is 0 Å². The third-order valence-corrected chi connectivity index (χ3v) is 5.54. The molecule has 36 heavy (non-hydrogen) atoms. The van der Waals surface area contributed by atoms with E-state index >= 15 is 0 Å². The lowest BCUT2D eigenvalue weighted by Crippen LogP contribution is -2.47. The van der Waals surface area contributed by atoms with Crippen molar-refractivity contribution in [3.05, 3.63) is 66.2 Å². The number of anilines is 1. The van der Waals surface area contributed by atoms with Gasteiger partial charge in [0.1, 0.15) is 6.10 Å². The Morgan fingerprint density at radius 2 is 1.97 bits per heavy atom. The van der Waals surface area contributed by atoms with Crippen molar-refractivity contribution in [1.82, 2.24) is 0 Å². The van der Waals surface area contributed by atoms with E-state index in [4.69, 9.17) is 21.1 Å². The van der Waals surface area contributed by atoms with E-state index in [-0.39, 0.29) is 31.4 Å². The molecule has 2 rings (SSSR count). The smallest absolute Gasteiger partial charge is 0.308 e. The first-order valence-electron chi connectivity index (χ1n) is 12.8. The average molecular weight is 522 g/mol. The number of halogens is 1. The third kappa shape index (κ3) is 10.3. The quantitative estimate of drug-likeness (QED) is 0.288. The maximum atomic E-state index is 13.5. The largest absolute Gasteiger partial charge is 0.466 e. The average Bonchev–Trinajstić information content (AvgIpc) is 2.88. The van der Waals surface area contributed by atoms with Crippen molar-refractivity contribution in [2.45, 2.75) is 79.1 Å². The van der Waals surface area contributed by atoms with Crippen molar-refractivity contribution in [2.24, 2.45) is 5.92 Å². The molecular formula is C29H44ClNO5. The van der Waals surface area contributed by atoms with E-state index < -0.39 is 24.3 Å². The second kappa shape index (κ2) is 18.8. The maximum absolute atomic E-state index is 13.5. The van der Waals surface area contributed by atoms with Gasteiger partial charge in [-0.25, -0.2) is 0 Å². The van der Waals surface area contributed by atoms with Gasteiger partial charge in [0.25, 0.3) is 5.91 Å². The number of hydrogen-bond acceptors (Lipinski definition) is 5. The van der Waals surface area contributed by atoms with Crippen LogP contribution in [-0.4, -0.2) is 48.4 Å². The molecule has 1 aromatic rings. The van der Waals surface area contributed by atoms with Crippen molar-refractivity contribution >= 4 is 29.2 Å². The molecule has 1 aliphatic heterocycles. The zero-order chi connectivity index (χ0) is 27.7. The number of amides is 1. The van der Waals surface area contributed by atoms with Crippen LogP contribution in [0.25, 0.3) is 0 Å². The van der Waals surface area contributed by atoms with E-state index in [1.54, 1.807) is 30.0 Å². The predicted molar refractivity (Wildman–Crippen MR) is 149 cm³/mol. The van der Waals surface area contributed by atoms with Gasteiger partial charge in [-0.2, -0.15) is 0 Å². The van der Waals surface area contributed by atoms with E-state index in [9.17, 15) is 14.7 Å². The summed E-state index contributed by atoms with van der Waals surface area (Å²) >= 11 is 6.27. The third-order valence-electron chi connectivity index (χ3n) is 5.31. The lowest BCUT2D eigenvalue weighted by Gasteiger charge is -2.36. The summed E-state index contributed by atoms with van der Waals surface area (Å²) in [5.74, 6) is -1.08. The Kier molecular flexibility index (Phi) is 17.5. The number of allylic oxidation sites excluding steroid dienone is 1. The van der Waals surface area contributed by atoms with Crippen LogP contribution in [0.3, 0.4) is 0 Å². The molecule has 1 heterocycles. The highest BCUT2D eigenvalue weighted by molar-refractivity contribution is 6.30. The van der Waals surface area contributed by atoms with Gasteiger partial charge in [0, 0.05) is 29.6 Å². The van der Waals surface area contributed by atoms with Crippen LogP contribution < -0.4 is 4.90 Å². The van der Waals surface area contributed by atoms with Crippen molar-refractivity contribution in [3.63, 3.8) is 0 Å². The van der Waals surface area contributed by atoms with Gasteiger partial charge < -0.3 is 19.5 Å². The maximum Gasteiger partial charge on any atom is 0.308 e. The standard InChI is InChI=1S/C25H32ClNO5.2C2H6/c1-5-9-17(14-20(28)7-3)22-15-18-13-19(26)10-11-21(18)27(12-6-2)25(30)23(32-22)16-24(29)31-8-4;2*1-2/h5-7,9-11,13,17,20,22-23,28H,2-3,8,12,14-16H2,1,4H3;2*1-2H3/b9-5-;;. The summed E-state index contributed by atoms with van der Waals surface area (Å²) in [7, 11) is 0. The summed E-state index contributed by atoms with van der Waals surface area (Å²) in [6.07, 6.45) is 5.28. The van der Waals surface area contributed by atoms with E-state index in [2.05, 4.69) is 13.2 Å². The molecule has 0 fully saturated rings. The Labute approximate surface area is 222 Å². The molecule has 7 heteroatoms. The molecule has 0 saturated heterocycles. The number of carbonyl (C=O) groups excluding carboxylic acids is 2. The molecule has 0 radical (unpaired) electrons. The number of hydrogen-bond donors (Lipinski definition) is 1. The monoisotopic (exact) mass is 521 g/mol. The molecule has 0 bridgehead atoms. The van der Waals surface area contributed by atoms with Gasteiger partial charge in [0.05, 0.1) is 25.2 Å². The molecule has 1 amide bonds. The van der Waals surface area contributed by atoms with Gasteiger partial charge in [0.2, 0.25) is 0 Å². The molecule has 202 valence electrons. The fraction of sp³-hybridized carbons (Fsp3) is 0.517. The van der Waals surface area contributed by atoms with Crippen LogP contribution in [-0.2, 0) is 25.5 Å². The second-order valence-corrected chi connectivity index (χ2v) is 8.05. The Balaban J connectivity index is 0.00000291. The fourth-order valence-electron chi connectivity index (χ4n) is 3.86. The molecule has 0 saturated carbocycles. The van der Waals surface area contributed by atoms with Crippen LogP contribution in [0.4, 0.5) is 5.69 Å². The number of rotatable bonds is 10. The highest BCUT2D eigenvalue weighted by atomic mass is 35.5. The molecule has 0 aliphatic carbocycles. The van der Waals surface area contributed by atoms with Crippen molar-refractivity contribution in [2.75, 3.05) is 18.1 Å². The lowest BCUT2D eigenvalue weighted by atomic mass is 9.89. The van der Waals surface area contributed by atoms with Gasteiger partial charge in [-0.05, 0) is 44.0 Å². The molecule has 0 spiro atoms. The second-order valence-electron chi connectivity index (χ2n) is 7.62. The van der Waals surface area contributed by atoms with E-state index in [1.165, 1.54) is 6.08 Å². The van der Waals surface area contributed by atoms with Crippen LogP contribution in [0.5, 0.6) is 0 Å². The van der Waals surface area contributed by atoms with Gasteiger partial charge >= 0.3 is 5.97 Å². The first-order valence-corrected chi connectivity index (χ1v) is 13.2. The first kappa shape index (κ1) is 33.6. The highest BCUT2D eigenvalue weighted by Gasteiger charge is 2.37. The Bertz CT molecular complexity index is 854. The van der Waals surface area contributed by atoms with E-state index in [1.807, 2.05) is 52.8 Å². The molecule has 0 aromatic heterocycles. The Morgan fingerprint density at radius 3 is 2.53 bits per heavy atom.